The minimum Gasteiger partial charge on any atom is -0.475 e. The van der Waals surface area contributed by atoms with E-state index in [0.29, 0.717) is 11.7 Å². The summed E-state index contributed by atoms with van der Waals surface area (Å²) in [6.45, 7) is 8.14. The molecule has 2 heterocycles. The topological polar surface area (TPSA) is 89.5 Å². The van der Waals surface area contributed by atoms with E-state index in [9.17, 15) is 0 Å². The lowest BCUT2D eigenvalue weighted by molar-refractivity contribution is 0.229. The van der Waals surface area contributed by atoms with Gasteiger partial charge in [0.2, 0.25) is 11.7 Å². The van der Waals surface area contributed by atoms with Crippen LogP contribution in [0.25, 0.3) is 22.5 Å². The lowest BCUT2D eigenvalue weighted by atomic mass is 9.96. The van der Waals surface area contributed by atoms with E-state index in [-0.39, 0.29) is 6.10 Å². The van der Waals surface area contributed by atoms with E-state index >= 15 is 0 Å². The zero-order valence-electron chi connectivity index (χ0n) is 19.0. The third-order valence-electron chi connectivity index (χ3n) is 5.16. The SMILES string of the molecule is CCCc1nc(C)nc(OC(C)C)c1Cc1ccc(-c2ccccc2-c2nn[nH]n2)cc1. The molecule has 0 atom stereocenters. The van der Waals surface area contributed by atoms with E-state index in [1.807, 2.05) is 39.0 Å². The molecule has 0 aliphatic rings. The standard InChI is InChI=1S/C25H28N6O/c1-5-8-23-22(25(32-16(2)3)27-17(4)26-23)15-18-11-13-19(14-12-18)20-9-6-7-10-21(20)24-28-30-31-29-24/h6-7,9-14,16H,5,8,15H2,1-4H3,(H,28,29,30,31). The van der Waals surface area contributed by atoms with Crippen LogP contribution in [-0.4, -0.2) is 36.7 Å². The Hall–Kier alpha value is -3.61. The molecule has 0 aliphatic carbocycles. The van der Waals surface area contributed by atoms with Gasteiger partial charge in [0.25, 0.3) is 0 Å². The highest BCUT2D eigenvalue weighted by Crippen LogP contribution is 2.31. The third kappa shape index (κ3) is 4.82. The van der Waals surface area contributed by atoms with Gasteiger partial charge in [0.15, 0.2) is 0 Å². The Morgan fingerprint density at radius 2 is 1.72 bits per heavy atom. The molecule has 2 aromatic carbocycles. The number of ether oxygens (including phenoxy) is 1. The summed E-state index contributed by atoms with van der Waals surface area (Å²) in [6.07, 6.45) is 2.71. The number of aromatic nitrogens is 6. The molecule has 0 spiro atoms. The van der Waals surface area contributed by atoms with Crippen LogP contribution in [0.4, 0.5) is 0 Å². The van der Waals surface area contributed by atoms with E-state index < -0.39 is 0 Å². The Morgan fingerprint density at radius 3 is 2.38 bits per heavy atom. The number of tetrazole rings is 1. The highest BCUT2D eigenvalue weighted by atomic mass is 16.5. The van der Waals surface area contributed by atoms with Gasteiger partial charge in [-0.05, 0) is 49.1 Å². The van der Waals surface area contributed by atoms with Crippen molar-refractivity contribution < 1.29 is 4.74 Å². The minimum absolute atomic E-state index is 0.0570. The number of nitrogens with zero attached hydrogens (tertiary/aromatic N) is 5. The summed E-state index contributed by atoms with van der Waals surface area (Å²) >= 11 is 0. The lowest BCUT2D eigenvalue weighted by Crippen LogP contribution is -2.13. The molecule has 0 amide bonds. The molecule has 164 valence electrons. The normalized spacial score (nSPS) is 11.2. The van der Waals surface area contributed by atoms with Gasteiger partial charge in [-0.25, -0.2) is 4.98 Å². The summed E-state index contributed by atoms with van der Waals surface area (Å²) < 4.78 is 6.06. The highest BCUT2D eigenvalue weighted by molar-refractivity contribution is 5.80. The average molecular weight is 429 g/mol. The van der Waals surface area contributed by atoms with Gasteiger partial charge in [-0.3, -0.25) is 0 Å². The van der Waals surface area contributed by atoms with Gasteiger partial charge < -0.3 is 4.74 Å². The van der Waals surface area contributed by atoms with Crippen LogP contribution in [0.3, 0.4) is 0 Å². The monoisotopic (exact) mass is 428 g/mol. The van der Waals surface area contributed by atoms with Gasteiger partial charge in [-0.15, -0.1) is 10.2 Å². The van der Waals surface area contributed by atoms with E-state index in [0.717, 1.165) is 53.0 Å². The summed E-state index contributed by atoms with van der Waals surface area (Å²) in [5, 5.41) is 14.5. The van der Waals surface area contributed by atoms with Gasteiger partial charge in [0.1, 0.15) is 5.82 Å². The first-order valence-corrected chi connectivity index (χ1v) is 11.0. The first kappa shape index (κ1) is 21.6. The van der Waals surface area contributed by atoms with Crippen molar-refractivity contribution in [3.63, 3.8) is 0 Å². The molecule has 0 saturated heterocycles. The number of H-pyrrole nitrogens is 1. The quantitative estimate of drug-likeness (QED) is 0.426. The second-order valence-corrected chi connectivity index (χ2v) is 8.07. The number of hydrogen-bond acceptors (Lipinski definition) is 6. The lowest BCUT2D eigenvalue weighted by Gasteiger charge is -2.17. The number of nitrogens with one attached hydrogen (secondary N) is 1. The molecule has 0 radical (unpaired) electrons. The molecule has 7 heteroatoms. The van der Waals surface area contributed by atoms with E-state index in [4.69, 9.17) is 9.72 Å². The maximum Gasteiger partial charge on any atom is 0.220 e. The second-order valence-electron chi connectivity index (χ2n) is 8.07. The smallest absolute Gasteiger partial charge is 0.220 e. The van der Waals surface area contributed by atoms with Gasteiger partial charge in [0.05, 0.1) is 11.8 Å². The van der Waals surface area contributed by atoms with Crippen molar-refractivity contribution in [3.05, 3.63) is 71.2 Å². The molecule has 0 unspecified atom stereocenters. The molecule has 7 nitrogen and oxygen atoms in total. The largest absolute Gasteiger partial charge is 0.475 e. The molecule has 0 bridgehead atoms. The highest BCUT2D eigenvalue weighted by Gasteiger charge is 2.16. The van der Waals surface area contributed by atoms with Gasteiger partial charge in [-0.1, -0.05) is 61.9 Å². The number of benzene rings is 2. The van der Waals surface area contributed by atoms with Crippen LogP contribution >= 0.6 is 0 Å². The summed E-state index contributed by atoms with van der Waals surface area (Å²) in [4.78, 5) is 9.32. The molecule has 4 rings (SSSR count). The summed E-state index contributed by atoms with van der Waals surface area (Å²) in [5.74, 6) is 2.03. The van der Waals surface area contributed by atoms with Crippen molar-refractivity contribution in [2.24, 2.45) is 0 Å². The zero-order valence-corrected chi connectivity index (χ0v) is 19.0. The molecule has 4 aromatic rings. The van der Waals surface area contributed by atoms with E-state index in [2.05, 4.69) is 62.9 Å². The van der Waals surface area contributed by atoms with Crippen LogP contribution in [0.2, 0.25) is 0 Å². The average Bonchev–Trinajstić information content (AvgIpc) is 3.31. The van der Waals surface area contributed by atoms with Crippen LogP contribution in [-0.2, 0) is 12.8 Å². The summed E-state index contributed by atoms with van der Waals surface area (Å²) in [5.41, 5.74) is 6.44. The van der Waals surface area contributed by atoms with Gasteiger partial charge >= 0.3 is 0 Å². The molecular formula is C25H28N6O. The van der Waals surface area contributed by atoms with Crippen molar-refractivity contribution in [3.8, 4) is 28.4 Å². The molecule has 0 aliphatic heterocycles. The fraction of sp³-hybridized carbons (Fsp3) is 0.320. The molecule has 32 heavy (non-hydrogen) atoms. The molecule has 0 saturated carbocycles. The Labute approximate surface area is 188 Å². The van der Waals surface area contributed by atoms with Crippen molar-refractivity contribution in [2.45, 2.75) is 53.1 Å². The maximum absolute atomic E-state index is 6.06. The molecule has 2 aromatic heterocycles. The third-order valence-corrected chi connectivity index (χ3v) is 5.16. The zero-order chi connectivity index (χ0) is 22.5. The maximum atomic E-state index is 6.06. The first-order valence-electron chi connectivity index (χ1n) is 11.0. The minimum atomic E-state index is 0.0570. The van der Waals surface area contributed by atoms with Gasteiger partial charge in [-0.2, -0.15) is 10.2 Å². The van der Waals surface area contributed by atoms with Crippen molar-refractivity contribution in [1.82, 2.24) is 30.6 Å². The number of hydrogen-bond donors (Lipinski definition) is 1. The van der Waals surface area contributed by atoms with Crippen LogP contribution in [0.1, 0.15) is 49.8 Å². The number of aromatic amines is 1. The van der Waals surface area contributed by atoms with Crippen LogP contribution in [0, 0.1) is 6.92 Å². The van der Waals surface area contributed by atoms with E-state index in [1.165, 1.54) is 5.56 Å². The Kier molecular flexibility index (Phi) is 6.54. The van der Waals surface area contributed by atoms with Crippen LogP contribution < -0.4 is 4.74 Å². The number of aryl methyl sites for hydroxylation is 2. The van der Waals surface area contributed by atoms with Crippen molar-refractivity contribution in [1.29, 1.82) is 0 Å². The molecule has 0 fully saturated rings. The van der Waals surface area contributed by atoms with Crippen LogP contribution in [0.5, 0.6) is 5.88 Å². The molecular weight excluding hydrogens is 400 g/mol. The van der Waals surface area contributed by atoms with Crippen LogP contribution in [0.15, 0.2) is 48.5 Å². The predicted octanol–water partition coefficient (Wildman–Crippen LogP) is 4.96. The van der Waals surface area contributed by atoms with Gasteiger partial charge in [0, 0.05) is 17.5 Å². The van der Waals surface area contributed by atoms with Crippen molar-refractivity contribution >= 4 is 0 Å². The van der Waals surface area contributed by atoms with E-state index in [1.54, 1.807) is 0 Å². The van der Waals surface area contributed by atoms with Crippen molar-refractivity contribution in [2.75, 3.05) is 0 Å². The Morgan fingerprint density at radius 1 is 0.969 bits per heavy atom. The fourth-order valence-electron chi connectivity index (χ4n) is 3.78. The number of rotatable bonds is 8. The Bertz CT molecular complexity index is 1170. The fourth-order valence-corrected chi connectivity index (χ4v) is 3.78. The first-order chi connectivity index (χ1) is 15.5. The molecule has 1 N–H and O–H groups in total. The summed E-state index contributed by atoms with van der Waals surface area (Å²) in [6, 6.07) is 16.6. The predicted molar refractivity (Wildman–Crippen MR) is 124 cm³/mol. The second kappa shape index (κ2) is 9.68. The summed E-state index contributed by atoms with van der Waals surface area (Å²) in [7, 11) is 0. The Balaban J connectivity index is 1.66.